The Bertz CT molecular complexity index is 1340. The molecule has 0 bridgehead atoms. The standard InChI is InChI=1S/C52H106O7Si4/c1-22-38(11)35-39(12)49(58-62(26-5,27-6)28-7)44(17)50-42(15)46(54-18)37-52(56-50)47(57-61(23-2,24-3)25-4)36-40(13)48(55-52)43(16)51(59-63(29-8,30-9)31-10)41(14)45(53)33-32-34-60(19,20)21/h22,32,34,39-51,53H,23-31,33,35-37H2,1-21H3/b34-32+,38-22+/t39-,40-,41-,42+,43+,44+,45?,46+,47-,48-,49-,50-,51-,52+/m0/s1. The summed E-state index contributed by atoms with van der Waals surface area (Å²) in [5, 5.41) is 12.0. The minimum atomic E-state index is -2.11. The third-order valence-corrected chi connectivity index (χ3v) is 32.2. The summed E-state index contributed by atoms with van der Waals surface area (Å²) in [4.78, 5) is 0. The number of hydrogen-bond donors (Lipinski definition) is 1. The molecule has 2 rings (SSSR count). The molecular weight excluding hydrogens is 849 g/mol. The fraction of sp³-hybridized carbons (Fsp3) is 0.923. The van der Waals surface area contributed by atoms with Gasteiger partial charge in [-0.3, -0.25) is 0 Å². The molecule has 0 aliphatic carbocycles. The smallest absolute Gasteiger partial charge is 0.196 e. The molecule has 372 valence electrons. The molecule has 1 unspecified atom stereocenters. The third-order valence-electron chi connectivity index (χ3n) is 17.1. The summed E-state index contributed by atoms with van der Waals surface area (Å²) in [5.74, 6) is -0.327. The van der Waals surface area contributed by atoms with Gasteiger partial charge in [-0.25, -0.2) is 0 Å². The summed E-state index contributed by atoms with van der Waals surface area (Å²) in [6.07, 6.45) is 6.34. The zero-order chi connectivity index (χ0) is 48.1. The molecule has 2 heterocycles. The molecule has 0 saturated carbocycles. The van der Waals surface area contributed by atoms with Crippen molar-refractivity contribution in [2.75, 3.05) is 7.11 Å². The molecule has 1 N–H and O–H groups in total. The van der Waals surface area contributed by atoms with E-state index in [0.717, 1.165) is 67.2 Å². The molecule has 1 spiro atoms. The first-order valence-electron chi connectivity index (χ1n) is 26.4. The molecule has 2 fully saturated rings. The van der Waals surface area contributed by atoms with Crippen molar-refractivity contribution in [2.24, 2.45) is 35.5 Å². The Balaban J connectivity index is 2.89. The van der Waals surface area contributed by atoms with E-state index in [1.807, 2.05) is 7.11 Å². The molecule has 0 aromatic carbocycles. The van der Waals surface area contributed by atoms with E-state index in [0.29, 0.717) is 18.8 Å². The van der Waals surface area contributed by atoms with Gasteiger partial charge >= 0.3 is 0 Å². The quantitative estimate of drug-likeness (QED) is 0.0618. The molecule has 2 aliphatic rings. The SMILES string of the molecule is C/C=C(\C)C[C@H](C)[C@H](O[Si](CC)(CC)CC)[C@@H](C)[C@H]1O[C@@]2(C[C@@H](OC)[C@H]1C)O[C@H]([C@@H](C)[C@@H](O[Si](CC)(CC)CC)[C@@H](C)C(O)C/C=C/[Si](C)(C)C)[C@@H](C)C[C@@H]2O[Si](CC)(CC)CC. The molecule has 0 radical (unpaired) electrons. The topological polar surface area (TPSA) is 75.6 Å². The monoisotopic (exact) mass is 955 g/mol. The minimum absolute atomic E-state index is 0.00973. The van der Waals surface area contributed by atoms with Gasteiger partial charge in [0.05, 0.1) is 50.8 Å². The fourth-order valence-electron chi connectivity index (χ4n) is 11.5. The second-order valence-corrected chi connectivity index (χ2v) is 41.2. The van der Waals surface area contributed by atoms with E-state index < -0.39 is 44.9 Å². The molecule has 0 aromatic rings. The second-order valence-electron chi connectivity index (χ2n) is 22.0. The summed E-state index contributed by atoms with van der Waals surface area (Å²) in [5.41, 5.74) is 3.77. The van der Waals surface area contributed by atoms with Gasteiger partial charge in [0.2, 0.25) is 0 Å². The van der Waals surface area contributed by atoms with Crippen LogP contribution >= 0.6 is 0 Å². The largest absolute Gasteiger partial charge is 0.413 e. The number of rotatable bonds is 28. The second kappa shape index (κ2) is 26.2. The zero-order valence-electron chi connectivity index (χ0n) is 45.3. The molecule has 2 aliphatic heterocycles. The van der Waals surface area contributed by atoms with Crippen LogP contribution in [0.5, 0.6) is 0 Å². The van der Waals surface area contributed by atoms with Gasteiger partial charge in [-0.15, -0.1) is 0 Å². The van der Waals surface area contributed by atoms with Crippen LogP contribution in [0.2, 0.25) is 74.0 Å². The molecule has 2 saturated heterocycles. The number of hydrogen-bond acceptors (Lipinski definition) is 7. The number of aliphatic hydroxyl groups excluding tert-OH is 1. The van der Waals surface area contributed by atoms with Crippen molar-refractivity contribution in [3.05, 3.63) is 23.4 Å². The lowest BCUT2D eigenvalue weighted by molar-refractivity contribution is -0.388. The Morgan fingerprint density at radius 1 is 0.730 bits per heavy atom. The van der Waals surface area contributed by atoms with Crippen LogP contribution in [0.1, 0.15) is 143 Å². The van der Waals surface area contributed by atoms with Crippen molar-refractivity contribution in [3.8, 4) is 0 Å². The Hall–Kier alpha value is 0.0675. The Morgan fingerprint density at radius 2 is 1.19 bits per heavy atom. The van der Waals surface area contributed by atoms with Crippen LogP contribution in [0.25, 0.3) is 0 Å². The van der Waals surface area contributed by atoms with Crippen LogP contribution in [0, 0.1) is 35.5 Å². The van der Waals surface area contributed by atoms with Crippen molar-refractivity contribution >= 4 is 33.0 Å². The van der Waals surface area contributed by atoms with E-state index in [2.05, 4.69) is 155 Å². The summed E-state index contributed by atoms with van der Waals surface area (Å²) in [6, 6.07) is 9.71. The maximum absolute atomic E-state index is 12.0. The highest BCUT2D eigenvalue weighted by atomic mass is 28.4. The highest BCUT2D eigenvalue weighted by Crippen LogP contribution is 2.51. The van der Waals surface area contributed by atoms with E-state index in [4.69, 9.17) is 27.5 Å². The van der Waals surface area contributed by atoms with Gasteiger partial charge in [0.25, 0.3) is 0 Å². The summed E-state index contributed by atoms with van der Waals surface area (Å²) < 4.78 is 45.2. The number of methoxy groups -OCH3 is 1. The first kappa shape index (κ1) is 59.2. The van der Waals surface area contributed by atoms with Crippen molar-refractivity contribution in [2.45, 2.75) is 266 Å². The number of ether oxygens (including phenoxy) is 3. The maximum atomic E-state index is 12.0. The van der Waals surface area contributed by atoms with Gasteiger partial charge in [-0.05, 0) is 99.3 Å². The zero-order valence-corrected chi connectivity index (χ0v) is 49.3. The van der Waals surface area contributed by atoms with Gasteiger partial charge in [0, 0.05) is 37.2 Å². The molecule has 63 heavy (non-hydrogen) atoms. The molecule has 11 heteroatoms. The van der Waals surface area contributed by atoms with Crippen molar-refractivity contribution < 1.29 is 32.6 Å². The van der Waals surface area contributed by atoms with E-state index in [-0.39, 0.29) is 66.2 Å². The lowest BCUT2D eigenvalue weighted by atomic mass is 9.73. The lowest BCUT2D eigenvalue weighted by Crippen LogP contribution is -2.68. The van der Waals surface area contributed by atoms with E-state index in [9.17, 15) is 5.11 Å². The fourth-order valence-corrected chi connectivity index (χ4v) is 21.2. The predicted molar refractivity (Wildman–Crippen MR) is 281 cm³/mol. The van der Waals surface area contributed by atoms with Crippen LogP contribution in [0.4, 0.5) is 0 Å². The van der Waals surface area contributed by atoms with E-state index >= 15 is 0 Å². The number of aliphatic hydroxyl groups is 1. The van der Waals surface area contributed by atoms with Crippen LogP contribution in [-0.2, 0) is 27.5 Å². The van der Waals surface area contributed by atoms with Crippen molar-refractivity contribution in [1.82, 2.24) is 0 Å². The maximum Gasteiger partial charge on any atom is 0.196 e. The Morgan fingerprint density at radius 3 is 1.63 bits per heavy atom. The molecule has 0 aromatic heterocycles. The average Bonchev–Trinajstić information content (AvgIpc) is 3.27. The first-order valence-corrected chi connectivity index (χ1v) is 37.5. The van der Waals surface area contributed by atoms with E-state index in [1.165, 1.54) is 5.57 Å². The molecular formula is C52H106O7Si4. The van der Waals surface area contributed by atoms with Gasteiger partial charge in [0.1, 0.15) is 0 Å². The van der Waals surface area contributed by atoms with Crippen molar-refractivity contribution in [1.29, 1.82) is 0 Å². The lowest BCUT2D eigenvalue weighted by Gasteiger charge is -2.59. The van der Waals surface area contributed by atoms with Crippen LogP contribution in [0.3, 0.4) is 0 Å². The van der Waals surface area contributed by atoms with Crippen LogP contribution in [-0.4, -0.2) is 93.8 Å². The Labute approximate surface area is 395 Å². The van der Waals surface area contributed by atoms with Gasteiger partial charge in [-0.2, -0.15) is 0 Å². The van der Waals surface area contributed by atoms with Crippen LogP contribution < -0.4 is 0 Å². The van der Waals surface area contributed by atoms with Gasteiger partial charge in [0.15, 0.2) is 30.7 Å². The molecule has 0 amide bonds. The van der Waals surface area contributed by atoms with Crippen molar-refractivity contribution in [3.63, 3.8) is 0 Å². The summed E-state index contributed by atoms with van der Waals surface area (Å²) >= 11 is 0. The third kappa shape index (κ3) is 15.0. The average molecular weight is 956 g/mol. The van der Waals surface area contributed by atoms with Gasteiger partial charge in [-0.1, -0.05) is 147 Å². The highest BCUT2D eigenvalue weighted by molar-refractivity contribution is 6.81. The normalized spacial score (nSPS) is 29.1. The molecule has 14 atom stereocenters. The molecule has 7 nitrogen and oxygen atoms in total. The summed E-state index contributed by atoms with van der Waals surface area (Å²) in [6.45, 7) is 46.5. The summed E-state index contributed by atoms with van der Waals surface area (Å²) in [7, 11) is -5.71. The minimum Gasteiger partial charge on any atom is -0.413 e. The Kier molecular flexibility index (Phi) is 24.6. The highest BCUT2D eigenvalue weighted by Gasteiger charge is 2.60. The van der Waals surface area contributed by atoms with Gasteiger partial charge < -0.3 is 32.6 Å². The predicted octanol–water partition coefficient (Wildman–Crippen LogP) is 14.8. The van der Waals surface area contributed by atoms with Crippen LogP contribution in [0.15, 0.2) is 23.4 Å². The number of allylic oxidation sites excluding steroid dienone is 2. The first-order chi connectivity index (χ1) is 29.5. The van der Waals surface area contributed by atoms with E-state index in [1.54, 1.807) is 0 Å².